The fraction of sp³-hybridized carbons (Fsp3) is 0.200. The molecule has 2 N–H and O–H groups in total. The fourth-order valence-electron chi connectivity index (χ4n) is 1.65. The number of hydrogen-bond donors (Lipinski definition) is 2. The molecule has 0 unspecified atom stereocenters. The maximum absolute atomic E-state index is 10.0. The van der Waals surface area contributed by atoms with Crippen molar-refractivity contribution in [3.8, 4) is 0 Å². The maximum Gasteiger partial charge on any atom is 0.354 e. The molecule has 0 heterocycles. The Morgan fingerprint density at radius 2 is 1.00 bits per heavy atom. The van der Waals surface area contributed by atoms with Gasteiger partial charge in [0.15, 0.2) is 0 Å². The third-order valence-electron chi connectivity index (χ3n) is 2.48. The number of allylic oxidation sites excluding steroid dienone is 8. The second kappa shape index (κ2) is 3.10. The highest BCUT2D eigenvalue weighted by atomic mass is 28.4. The molecule has 0 aliphatic heterocycles. The average Bonchev–Trinajstić information content (AvgIpc) is 2.78. The van der Waals surface area contributed by atoms with Crippen LogP contribution < -0.4 is 0 Å². The molecule has 0 bridgehead atoms. The zero-order chi connectivity index (χ0) is 9.31. The minimum Gasteiger partial charge on any atom is -0.410 e. The molecule has 0 fully saturated rings. The van der Waals surface area contributed by atoms with Crippen LogP contribution >= 0.6 is 0 Å². The smallest absolute Gasteiger partial charge is 0.354 e. The quantitative estimate of drug-likeness (QED) is 0.649. The summed E-state index contributed by atoms with van der Waals surface area (Å²) in [5, 5.41) is 0. The Kier molecular flexibility index (Phi) is 2.07. The molecule has 0 atom stereocenters. The Labute approximate surface area is 78.5 Å². The lowest BCUT2D eigenvalue weighted by atomic mass is 10.4. The summed E-state index contributed by atoms with van der Waals surface area (Å²) >= 11 is 0. The van der Waals surface area contributed by atoms with E-state index >= 15 is 0 Å². The zero-order valence-electron chi connectivity index (χ0n) is 7.17. The predicted octanol–water partition coefficient (Wildman–Crippen LogP) is 1.41. The second-order valence-electron chi connectivity index (χ2n) is 3.37. The van der Waals surface area contributed by atoms with E-state index in [2.05, 4.69) is 0 Å². The molecule has 0 aromatic carbocycles. The molecule has 0 radical (unpaired) electrons. The summed E-state index contributed by atoms with van der Waals surface area (Å²) in [7, 11) is -3.18. The normalized spacial score (nSPS) is 22.3. The molecule has 2 aliphatic carbocycles. The van der Waals surface area contributed by atoms with E-state index in [0.29, 0.717) is 0 Å². The van der Waals surface area contributed by atoms with E-state index in [0.717, 1.165) is 0 Å². The summed E-state index contributed by atoms with van der Waals surface area (Å²) in [4.78, 5) is 20.0. The molecule has 0 saturated carbocycles. The van der Waals surface area contributed by atoms with Crippen LogP contribution in [0.4, 0.5) is 0 Å². The Bertz CT molecular complexity index is 259. The van der Waals surface area contributed by atoms with Crippen LogP contribution in [0, 0.1) is 0 Å². The molecular weight excluding hydrogens is 180 g/mol. The van der Waals surface area contributed by atoms with Gasteiger partial charge in [0.1, 0.15) is 0 Å². The van der Waals surface area contributed by atoms with Gasteiger partial charge in [-0.05, 0) is 0 Å². The molecule has 0 aromatic rings. The van der Waals surface area contributed by atoms with Crippen molar-refractivity contribution < 1.29 is 9.59 Å². The Hall–Kier alpha value is -0.903. The highest BCUT2D eigenvalue weighted by Crippen LogP contribution is 2.36. The first-order valence-corrected chi connectivity index (χ1v) is 6.41. The van der Waals surface area contributed by atoms with Crippen LogP contribution in [0.5, 0.6) is 0 Å². The van der Waals surface area contributed by atoms with E-state index in [9.17, 15) is 9.59 Å². The van der Waals surface area contributed by atoms with Crippen molar-refractivity contribution in [1.29, 1.82) is 0 Å². The van der Waals surface area contributed by atoms with Gasteiger partial charge in [-0.1, -0.05) is 48.6 Å². The summed E-state index contributed by atoms with van der Waals surface area (Å²) in [6, 6.07) is 0. The van der Waals surface area contributed by atoms with Crippen LogP contribution in [-0.4, -0.2) is 18.2 Å². The largest absolute Gasteiger partial charge is 0.410 e. The minimum atomic E-state index is -3.18. The van der Waals surface area contributed by atoms with Gasteiger partial charge in [0.05, 0.1) is 0 Å². The molecule has 13 heavy (non-hydrogen) atoms. The summed E-state index contributed by atoms with van der Waals surface area (Å²) in [5.74, 6) is 0. The van der Waals surface area contributed by atoms with Gasteiger partial charge in [-0.15, -0.1) is 0 Å². The van der Waals surface area contributed by atoms with Crippen LogP contribution in [0.1, 0.15) is 0 Å². The molecular formula is C10H12O2Si. The topological polar surface area (TPSA) is 40.5 Å². The second-order valence-corrected chi connectivity index (χ2v) is 6.27. The number of hydrogen-bond acceptors (Lipinski definition) is 2. The van der Waals surface area contributed by atoms with Crippen LogP contribution in [0.25, 0.3) is 0 Å². The van der Waals surface area contributed by atoms with Crippen LogP contribution in [0.3, 0.4) is 0 Å². The average molecular weight is 192 g/mol. The predicted molar refractivity (Wildman–Crippen MR) is 54.3 cm³/mol. The molecule has 2 aliphatic rings. The lowest BCUT2D eigenvalue weighted by molar-refractivity contribution is 0.351. The summed E-state index contributed by atoms with van der Waals surface area (Å²) in [5.41, 5.74) is -0.324. The van der Waals surface area contributed by atoms with Crippen LogP contribution in [0.15, 0.2) is 48.6 Å². The summed E-state index contributed by atoms with van der Waals surface area (Å²) in [6.45, 7) is 0. The number of rotatable bonds is 2. The lowest BCUT2D eigenvalue weighted by Crippen LogP contribution is -2.42. The van der Waals surface area contributed by atoms with E-state index < -0.39 is 8.56 Å². The minimum absolute atomic E-state index is 0.162. The van der Waals surface area contributed by atoms with Crippen molar-refractivity contribution in [2.45, 2.75) is 11.1 Å². The van der Waals surface area contributed by atoms with E-state index in [1.54, 1.807) is 0 Å². The molecule has 2 rings (SSSR count). The molecule has 0 saturated heterocycles. The molecule has 3 heteroatoms. The third-order valence-corrected chi connectivity index (χ3v) is 5.21. The van der Waals surface area contributed by atoms with Crippen LogP contribution in [-0.2, 0) is 0 Å². The Balaban J connectivity index is 2.19. The monoisotopic (exact) mass is 192 g/mol. The van der Waals surface area contributed by atoms with Crippen LogP contribution in [0.2, 0.25) is 11.1 Å². The van der Waals surface area contributed by atoms with E-state index in [4.69, 9.17) is 0 Å². The van der Waals surface area contributed by atoms with Crippen molar-refractivity contribution in [2.24, 2.45) is 0 Å². The SMILES string of the molecule is O[Si](O)(C1C=CC=C1)C1C=CC=C1. The van der Waals surface area contributed by atoms with Gasteiger partial charge in [0.2, 0.25) is 0 Å². The highest BCUT2D eigenvalue weighted by Gasteiger charge is 2.43. The first-order valence-electron chi connectivity index (χ1n) is 4.36. The van der Waals surface area contributed by atoms with Gasteiger partial charge in [0.25, 0.3) is 0 Å². The van der Waals surface area contributed by atoms with Gasteiger partial charge in [0, 0.05) is 11.1 Å². The van der Waals surface area contributed by atoms with E-state index in [-0.39, 0.29) is 11.1 Å². The lowest BCUT2D eigenvalue weighted by Gasteiger charge is -2.26. The first-order chi connectivity index (χ1) is 6.21. The van der Waals surface area contributed by atoms with Crippen molar-refractivity contribution in [1.82, 2.24) is 0 Å². The molecule has 0 aromatic heterocycles. The van der Waals surface area contributed by atoms with Crippen molar-refractivity contribution in [2.75, 3.05) is 0 Å². The fourth-order valence-corrected chi connectivity index (χ4v) is 3.67. The molecule has 0 amide bonds. The standard InChI is InChI=1S/C10H12O2Si/c11-13(12,9-5-1-2-6-9)10-7-3-4-8-10/h1-12H. The maximum atomic E-state index is 10.0. The summed E-state index contributed by atoms with van der Waals surface area (Å²) in [6.07, 6.45) is 14.9. The van der Waals surface area contributed by atoms with Crippen molar-refractivity contribution >= 4 is 8.56 Å². The van der Waals surface area contributed by atoms with Gasteiger partial charge in [-0.3, -0.25) is 0 Å². The molecule has 0 spiro atoms. The Morgan fingerprint density at radius 1 is 0.692 bits per heavy atom. The first kappa shape index (κ1) is 8.68. The highest BCUT2D eigenvalue weighted by molar-refractivity contribution is 6.70. The summed E-state index contributed by atoms with van der Waals surface area (Å²) < 4.78 is 0. The molecule has 2 nitrogen and oxygen atoms in total. The van der Waals surface area contributed by atoms with E-state index in [1.165, 1.54) is 0 Å². The Morgan fingerprint density at radius 3 is 1.31 bits per heavy atom. The van der Waals surface area contributed by atoms with E-state index in [1.807, 2.05) is 48.6 Å². The molecule has 68 valence electrons. The van der Waals surface area contributed by atoms with Gasteiger partial charge in [-0.25, -0.2) is 0 Å². The van der Waals surface area contributed by atoms with Crippen molar-refractivity contribution in [3.05, 3.63) is 48.6 Å². The van der Waals surface area contributed by atoms with Gasteiger partial charge in [-0.2, -0.15) is 0 Å². The third kappa shape index (κ3) is 1.46. The van der Waals surface area contributed by atoms with Gasteiger partial charge >= 0.3 is 8.56 Å². The zero-order valence-corrected chi connectivity index (χ0v) is 8.17. The van der Waals surface area contributed by atoms with Crippen molar-refractivity contribution in [3.63, 3.8) is 0 Å². The van der Waals surface area contributed by atoms with Gasteiger partial charge < -0.3 is 9.59 Å².